The lowest BCUT2D eigenvalue weighted by atomic mass is 10.2. The van der Waals surface area contributed by atoms with Gasteiger partial charge in [0.05, 0.1) is 12.1 Å². The molecule has 0 unspecified atom stereocenters. The summed E-state index contributed by atoms with van der Waals surface area (Å²) >= 11 is 11.6. The fourth-order valence-corrected chi connectivity index (χ4v) is 2.26. The van der Waals surface area contributed by atoms with Crippen molar-refractivity contribution in [1.82, 2.24) is 5.32 Å². The summed E-state index contributed by atoms with van der Waals surface area (Å²) in [5.41, 5.74) is 0.281. The summed E-state index contributed by atoms with van der Waals surface area (Å²) in [5, 5.41) is 5.61. The first-order chi connectivity index (χ1) is 10.5. The van der Waals surface area contributed by atoms with E-state index in [9.17, 15) is 14.0 Å². The first-order valence-corrected chi connectivity index (χ1v) is 7.00. The van der Waals surface area contributed by atoms with E-state index in [2.05, 4.69) is 10.6 Å². The third-order valence-corrected chi connectivity index (χ3v) is 3.11. The number of rotatable bonds is 4. The molecular formula is C15H11Cl2FN2O2. The van der Waals surface area contributed by atoms with E-state index in [0.717, 1.165) is 0 Å². The topological polar surface area (TPSA) is 58.2 Å². The van der Waals surface area contributed by atoms with Gasteiger partial charge in [0.25, 0.3) is 5.91 Å². The Hall–Kier alpha value is -2.11. The van der Waals surface area contributed by atoms with Gasteiger partial charge < -0.3 is 10.6 Å². The number of hydrogen-bond donors (Lipinski definition) is 2. The average molecular weight is 341 g/mol. The molecule has 4 nitrogen and oxygen atoms in total. The molecule has 22 heavy (non-hydrogen) atoms. The molecule has 114 valence electrons. The number of amides is 2. The Balaban J connectivity index is 1.93. The van der Waals surface area contributed by atoms with Gasteiger partial charge >= 0.3 is 0 Å². The van der Waals surface area contributed by atoms with Crippen LogP contribution in [0, 0.1) is 5.82 Å². The average Bonchev–Trinajstić information content (AvgIpc) is 2.44. The molecule has 2 aromatic rings. The molecule has 0 aliphatic heterocycles. The molecule has 2 rings (SSSR count). The number of carbonyl (C=O) groups is 2. The van der Waals surface area contributed by atoms with Crippen LogP contribution in [0.4, 0.5) is 10.1 Å². The van der Waals surface area contributed by atoms with Crippen LogP contribution in [0.3, 0.4) is 0 Å². The molecule has 0 saturated carbocycles. The maximum atomic E-state index is 13.4. The summed E-state index contributed by atoms with van der Waals surface area (Å²) < 4.78 is 13.4. The molecule has 0 aliphatic rings. The zero-order valence-electron chi connectivity index (χ0n) is 11.2. The van der Waals surface area contributed by atoms with Gasteiger partial charge in [-0.15, -0.1) is 0 Å². The molecule has 2 amide bonds. The van der Waals surface area contributed by atoms with Crippen LogP contribution in [0.5, 0.6) is 0 Å². The van der Waals surface area contributed by atoms with Crippen LogP contribution < -0.4 is 10.6 Å². The van der Waals surface area contributed by atoms with Crippen LogP contribution in [0.2, 0.25) is 10.0 Å². The molecule has 0 saturated heterocycles. The van der Waals surface area contributed by atoms with Crippen molar-refractivity contribution in [1.29, 1.82) is 0 Å². The molecule has 0 aliphatic carbocycles. The van der Waals surface area contributed by atoms with Gasteiger partial charge in [-0.25, -0.2) is 4.39 Å². The highest BCUT2D eigenvalue weighted by atomic mass is 35.5. The highest BCUT2D eigenvalue weighted by Crippen LogP contribution is 2.22. The lowest BCUT2D eigenvalue weighted by Gasteiger charge is -2.08. The van der Waals surface area contributed by atoms with Crippen molar-refractivity contribution in [3.05, 3.63) is 63.9 Å². The van der Waals surface area contributed by atoms with Gasteiger partial charge in [-0.3, -0.25) is 9.59 Å². The highest BCUT2D eigenvalue weighted by Gasteiger charge is 2.12. The van der Waals surface area contributed by atoms with E-state index in [1.54, 1.807) is 0 Å². The zero-order valence-corrected chi connectivity index (χ0v) is 12.7. The maximum Gasteiger partial charge on any atom is 0.254 e. The first kappa shape index (κ1) is 16.3. The van der Waals surface area contributed by atoms with Crippen LogP contribution in [0.15, 0.2) is 42.5 Å². The third kappa shape index (κ3) is 4.44. The van der Waals surface area contributed by atoms with E-state index in [4.69, 9.17) is 23.2 Å². The molecule has 0 bridgehead atoms. The molecule has 0 aromatic heterocycles. The molecular weight excluding hydrogens is 330 g/mol. The van der Waals surface area contributed by atoms with E-state index in [-0.39, 0.29) is 12.1 Å². The summed E-state index contributed by atoms with van der Waals surface area (Å²) in [6, 6.07) is 10.1. The van der Waals surface area contributed by atoms with Crippen molar-refractivity contribution < 1.29 is 14.0 Å². The van der Waals surface area contributed by atoms with Crippen LogP contribution in [-0.2, 0) is 4.79 Å². The van der Waals surface area contributed by atoms with Crippen molar-refractivity contribution in [3.63, 3.8) is 0 Å². The molecule has 2 aromatic carbocycles. The van der Waals surface area contributed by atoms with Gasteiger partial charge in [-0.05, 0) is 30.3 Å². The van der Waals surface area contributed by atoms with Gasteiger partial charge in [-0.1, -0.05) is 35.3 Å². The van der Waals surface area contributed by atoms with E-state index >= 15 is 0 Å². The number of carbonyl (C=O) groups excluding carboxylic acids is 2. The number of hydrogen-bond acceptors (Lipinski definition) is 2. The minimum atomic E-state index is -0.669. The van der Waals surface area contributed by atoms with Crippen LogP contribution in [0.25, 0.3) is 0 Å². The van der Waals surface area contributed by atoms with E-state index in [0.29, 0.717) is 15.7 Å². The predicted molar refractivity (Wildman–Crippen MR) is 83.8 cm³/mol. The fraction of sp³-hybridized carbons (Fsp3) is 0.0667. The minimum absolute atomic E-state index is 0.124. The van der Waals surface area contributed by atoms with Crippen LogP contribution in [0.1, 0.15) is 10.4 Å². The second-order valence-electron chi connectivity index (χ2n) is 4.37. The number of nitrogens with one attached hydrogen (secondary N) is 2. The molecule has 0 radical (unpaired) electrons. The fourth-order valence-electron chi connectivity index (χ4n) is 1.73. The SMILES string of the molecule is O=C(CNC(=O)c1ccccc1F)Nc1cc(Cl)cc(Cl)c1. The molecule has 0 atom stereocenters. The largest absolute Gasteiger partial charge is 0.343 e. The molecule has 0 heterocycles. The van der Waals surface area contributed by atoms with Crippen LogP contribution in [-0.4, -0.2) is 18.4 Å². The Labute approximate surface area is 136 Å². The van der Waals surface area contributed by atoms with Crippen molar-refractivity contribution in [3.8, 4) is 0 Å². The van der Waals surface area contributed by atoms with E-state index in [1.165, 1.54) is 42.5 Å². The summed E-state index contributed by atoms with van der Waals surface area (Å²) in [7, 11) is 0. The van der Waals surface area contributed by atoms with Crippen molar-refractivity contribution in [2.24, 2.45) is 0 Å². The van der Waals surface area contributed by atoms with Gasteiger partial charge in [0, 0.05) is 15.7 Å². The Bertz CT molecular complexity index is 702. The molecule has 0 fully saturated rings. The molecule has 7 heteroatoms. The first-order valence-electron chi connectivity index (χ1n) is 6.24. The Morgan fingerprint density at radius 1 is 1.05 bits per heavy atom. The quantitative estimate of drug-likeness (QED) is 0.894. The second-order valence-corrected chi connectivity index (χ2v) is 5.24. The summed E-state index contributed by atoms with van der Waals surface area (Å²) in [4.78, 5) is 23.5. The van der Waals surface area contributed by atoms with Gasteiger partial charge in [0.2, 0.25) is 5.91 Å². The van der Waals surface area contributed by atoms with Crippen molar-refractivity contribution in [2.45, 2.75) is 0 Å². The third-order valence-electron chi connectivity index (χ3n) is 2.67. The minimum Gasteiger partial charge on any atom is -0.343 e. The van der Waals surface area contributed by atoms with Gasteiger partial charge in [0.1, 0.15) is 5.82 Å². The Morgan fingerprint density at radius 3 is 2.32 bits per heavy atom. The number of halogens is 3. The standard InChI is InChI=1S/C15H11Cl2FN2O2/c16-9-5-10(17)7-11(6-9)20-14(21)8-19-15(22)12-3-1-2-4-13(12)18/h1-7H,8H2,(H,19,22)(H,20,21). The molecule has 0 spiro atoms. The zero-order chi connectivity index (χ0) is 16.1. The van der Waals surface area contributed by atoms with E-state index in [1.807, 2.05) is 0 Å². The smallest absolute Gasteiger partial charge is 0.254 e. The molecule has 2 N–H and O–H groups in total. The predicted octanol–water partition coefficient (Wildman–Crippen LogP) is 3.50. The highest BCUT2D eigenvalue weighted by molar-refractivity contribution is 6.35. The van der Waals surface area contributed by atoms with Gasteiger partial charge in [0.15, 0.2) is 0 Å². The summed E-state index contributed by atoms with van der Waals surface area (Å²) in [5.74, 6) is -1.80. The normalized spacial score (nSPS) is 10.1. The van der Waals surface area contributed by atoms with Crippen molar-refractivity contribution >= 4 is 40.7 Å². The second kappa shape index (κ2) is 7.24. The number of anilines is 1. The lowest BCUT2D eigenvalue weighted by Crippen LogP contribution is -2.33. The summed E-state index contributed by atoms with van der Waals surface area (Å²) in [6.07, 6.45) is 0. The van der Waals surface area contributed by atoms with Gasteiger partial charge in [-0.2, -0.15) is 0 Å². The van der Waals surface area contributed by atoms with Crippen LogP contribution >= 0.6 is 23.2 Å². The van der Waals surface area contributed by atoms with Crippen molar-refractivity contribution in [2.75, 3.05) is 11.9 Å². The Morgan fingerprint density at radius 2 is 1.68 bits per heavy atom. The Kier molecular flexibility index (Phi) is 5.35. The number of benzene rings is 2. The van der Waals surface area contributed by atoms with E-state index < -0.39 is 17.6 Å². The maximum absolute atomic E-state index is 13.4. The lowest BCUT2D eigenvalue weighted by molar-refractivity contribution is -0.115. The summed E-state index contributed by atoms with van der Waals surface area (Å²) in [6.45, 7) is -0.308. The monoisotopic (exact) mass is 340 g/mol.